The summed E-state index contributed by atoms with van der Waals surface area (Å²) >= 11 is 0. The maximum atomic E-state index is 2.50. The monoisotopic (exact) mass is 833 g/mol. The van der Waals surface area contributed by atoms with Crippen molar-refractivity contribution in [2.24, 2.45) is 142 Å². The van der Waals surface area contributed by atoms with Gasteiger partial charge < -0.3 is 0 Å². The third-order valence-electron chi connectivity index (χ3n) is 21.2. The Bertz CT molecular complexity index is 992. The van der Waals surface area contributed by atoms with Gasteiger partial charge in [0.15, 0.2) is 0 Å². The third kappa shape index (κ3) is 13.1. The van der Waals surface area contributed by atoms with Gasteiger partial charge in [-0.15, -0.1) is 0 Å². The Balaban J connectivity index is 0.000000152. The highest BCUT2D eigenvalue weighted by molar-refractivity contribution is 4.94. The topological polar surface area (TPSA) is 0 Å². The van der Waals surface area contributed by atoms with Crippen molar-refractivity contribution in [2.45, 2.75) is 239 Å². The first-order valence-electron chi connectivity index (χ1n) is 28.4. The van der Waals surface area contributed by atoms with E-state index < -0.39 is 0 Å². The lowest BCUT2D eigenvalue weighted by Gasteiger charge is -2.48. The Morgan fingerprint density at radius 3 is 0.567 bits per heavy atom. The summed E-state index contributed by atoms with van der Waals surface area (Å²) in [4.78, 5) is 0. The molecule has 0 nitrogen and oxygen atoms in total. The molecule has 0 aromatic heterocycles. The summed E-state index contributed by atoms with van der Waals surface area (Å²) in [5.41, 5.74) is 0. The van der Waals surface area contributed by atoms with Crippen molar-refractivity contribution in [3.8, 4) is 0 Å². The van der Waals surface area contributed by atoms with Crippen LogP contribution in [0.15, 0.2) is 0 Å². The number of fused-ring (bicyclic) bond motifs is 4. The molecule has 20 atom stereocenters. The van der Waals surface area contributed by atoms with Gasteiger partial charge in [-0.25, -0.2) is 0 Å². The van der Waals surface area contributed by atoms with Crippen LogP contribution in [-0.2, 0) is 0 Å². The van der Waals surface area contributed by atoms with Gasteiger partial charge in [0.2, 0.25) is 0 Å². The van der Waals surface area contributed by atoms with Crippen LogP contribution in [0.25, 0.3) is 0 Å². The molecule has 0 saturated heterocycles. The van der Waals surface area contributed by atoms with Crippen LogP contribution in [-0.4, -0.2) is 0 Å². The minimum absolute atomic E-state index is 0.912. The summed E-state index contributed by atoms with van der Waals surface area (Å²) in [5, 5.41) is 0. The fraction of sp³-hybridized carbons (Fsp3) is 1.00. The SMILES string of the molecule is CC(C)[C@@H]1CC[C@@H](C)[C@H]2CC[C@@H](C)C[C@H]21.CC(C)[C@@H]1CC[C@@H](C)[C@H]2CC[C@H](C)C[C@H]21.CC(C)[C@@H]1CC[C@H](C)[C@H]2CC[C@@H](C)C[C@H]21.CC(C)[C@@H]1CC[C@H](C)[C@H]2CC[C@H](C)C[C@H]21. The molecule has 352 valence electrons. The molecule has 0 radical (unpaired) electrons. The van der Waals surface area contributed by atoms with E-state index in [0.29, 0.717) is 0 Å². The summed E-state index contributed by atoms with van der Waals surface area (Å²) < 4.78 is 0. The molecule has 0 aromatic rings. The van der Waals surface area contributed by atoms with Crippen molar-refractivity contribution < 1.29 is 0 Å². The summed E-state index contributed by atoms with van der Waals surface area (Å²) in [6.07, 6.45) is 30.2. The summed E-state index contributed by atoms with van der Waals surface area (Å²) in [6, 6.07) is 0. The number of hydrogen-bond acceptors (Lipinski definition) is 0. The van der Waals surface area contributed by atoms with Gasteiger partial charge in [0, 0.05) is 0 Å². The van der Waals surface area contributed by atoms with Gasteiger partial charge in [-0.2, -0.15) is 0 Å². The van der Waals surface area contributed by atoms with Crippen molar-refractivity contribution in [1.82, 2.24) is 0 Å². The van der Waals surface area contributed by atoms with Gasteiger partial charge in [-0.3, -0.25) is 0 Å². The molecule has 60 heavy (non-hydrogen) atoms. The minimum Gasteiger partial charge on any atom is -0.0625 e. The Morgan fingerprint density at radius 1 is 0.217 bits per heavy atom. The first-order chi connectivity index (χ1) is 28.4. The van der Waals surface area contributed by atoms with Crippen molar-refractivity contribution >= 4 is 0 Å². The van der Waals surface area contributed by atoms with Crippen LogP contribution >= 0.6 is 0 Å². The Kier molecular flexibility index (Phi) is 19.9. The maximum Gasteiger partial charge on any atom is -0.0350 e. The van der Waals surface area contributed by atoms with E-state index in [-0.39, 0.29) is 0 Å². The lowest BCUT2D eigenvalue weighted by molar-refractivity contribution is 0.0182. The van der Waals surface area contributed by atoms with Crippen molar-refractivity contribution in [3.63, 3.8) is 0 Å². The van der Waals surface area contributed by atoms with Crippen molar-refractivity contribution in [3.05, 3.63) is 0 Å². The second-order valence-electron chi connectivity index (χ2n) is 26.8. The molecule has 0 amide bonds. The van der Waals surface area contributed by atoms with E-state index in [1.165, 1.54) is 128 Å². The second kappa shape index (κ2) is 23.4. The third-order valence-corrected chi connectivity index (χ3v) is 21.2. The summed E-state index contributed by atoms with van der Waals surface area (Å²) in [7, 11) is 0. The van der Waals surface area contributed by atoms with Crippen LogP contribution in [0, 0.1) is 142 Å². The molecule has 0 unspecified atom stereocenters. The van der Waals surface area contributed by atoms with Gasteiger partial charge in [0.05, 0.1) is 0 Å². The molecule has 8 aliphatic carbocycles. The van der Waals surface area contributed by atoms with Crippen LogP contribution in [0.1, 0.15) is 239 Å². The first kappa shape index (κ1) is 51.0. The van der Waals surface area contributed by atoms with Crippen LogP contribution in [0.2, 0.25) is 0 Å². The van der Waals surface area contributed by atoms with Crippen LogP contribution < -0.4 is 0 Å². The Morgan fingerprint density at radius 2 is 0.400 bits per heavy atom. The zero-order valence-electron chi connectivity index (χ0n) is 44.0. The van der Waals surface area contributed by atoms with Gasteiger partial charge in [-0.1, -0.05) is 162 Å². The zero-order chi connectivity index (χ0) is 44.0. The molecule has 0 aliphatic heterocycles. The normalized spacial score (nSPS) is 46.6. The average molecular weight is 834 g/mol. The average Bonchev–Trinajstić information content (AvgIpc) is 3.18. The predicted octanol–water partition coefficient (Wildman–Crippen LogP) is 19.0. The molecule has 0 heterocycles. The molecular formula is C60H112. The van der Waals surface area contributed by atoms with E-state index in [2.05, 4.69) is 111 Å². The number of hydrogen-bond donors (Lipinski definition) is 0. The molecule has 0 bridgehead atoms. The molecule has 8 fully saturated rings. The van der Waals surface area contributed by atoms with E-state index >= 15 is 0 Å². The lowest BCUT2D eigenvalue weighted by atomic mass is 9.57. The van der Waals surface area contributed by atoms with Gasteiger partial charge in [0.1, 0.15) is 0 Å². The van der Waals surface area contributed by atoms with Crippen LogP contribution in [0.5, 0.6) is 0 Å². The van der Waals surface area contributed by atoms with Crippen molar-refractivity contribution in [1.29, 1.82) is 0 Å². The standard InChI is InChI=1S/4C15H28/c4*1-10(2)13-8-6-12(4)14-7-5-11(3)9-15(13)14/h4*10-15H,5-9H2,1-4H3/t11-,12+,13+,14-,15+;11-,12+,13-,14+,15-;11-,12-,13+,14-,15+;11-,12-,13-,14+,15-/m1010/s1. The molecule has 0 aromatic carbocycles. The Hall–Kier alpha value is 0. The van der Waals surface area contributed by atoms with Crippen molar-refractivity contribution in [2.75, 3.05) is 0 Å². The zero-order valence-corrected chi connectivity index (χ0v) is 44.0. The Labute approximate surface area is 379 Å². The molecule has 0 heteroatoms. The fourth-order valence-electron chi connectivity index (χ4n) is 17.4. The van der Waals surface area contributed by atoms with E-state index in [9.17, 15) is 0 Å². The van der Waals surface area contributed by atoms with E-state index in [1.807, 2.05) is 0 Å². The smallest absolute Gasteiger partial charge is 0.0350 e. The quantitative estimate of drug-likeness (QED) is 0.265. The molecule has 8 saturated carbocycles. The molecular weight excluding hydrogens is 721 g/mol. The largest absolute Gasteiger partial charge is 0.0625 e. The fourth-order valence-corrected chi connectivity index (χ4v) is 17.4. The lowest BCUT2D eigenvalue weighted by Crippen LogP contribution is -2.39. The molecule has 0 N–H and O–H groups in total. The first-order valence-corrected chi connectivity index (χ1v) is 28.4. The highest BCUT2D eigenvalue weighted by Gasteiger charge is 2.44. The van der Waals surface area contributed by atoms with Crippen LogP contribution in [0.4, 0.5) is 0 Å². The van der Waals surface area contributed by atoms with E-state index in [1.54, 1.807) is 0 Å². The van der Waals surface area contributed by atoms with Gasteiger partial charge >= 0.3 is 0 Å². The van der Waals surface area contributed by atoms with Crippen LogP contribution in [0.3, 0.4) is 0 Å². The summed E-state index contributed by atoms with van der Waals surface area (Å²) in [6.45, 7) is 39.4. The number of rotatable bonds is 4. The molecule has 8 rings (SSSR count). The van der Waals surface area contributed by atoms with E-state index in [4.69, 9.17) is 0 Å². The van der Waals surface area contributed by atoms with Gasteiger partial charge in [-0.05, 0) is 219 Å². The highest BCUT2D eigenvalue weighted by Crippen LogP contribution is 2.53. The maximum absolute atomic E-state index is 2.50. The van der Waals surface area contributed by atoms with Gasteiger partial charge in [0.25, 0.3) is 0 Å². The minimum atomic E-state index is 0.912. The second-order valence-corrected chi connectivity index (χ2v) is 26.8. The molecule has 0 spiro atoms. The summed E-state index contributed by atoms with van der Waals surface area (Å²) in [5.74, 6) is 24.4. The highest BCUT2D eigenvalue weighted by atomic mass is 14.5. The predicted molar refractivity (Wildman–Crippen MR) is 267 cm³/mol. The van der Waals surface area contributed by atoms with E-state index in [0.717, 1.165) is 142 Å². The molecule has 8 aliphatic rings.